The number of hydrogen-bond acceptors (Lipinski definition) is 4. The van der Waals surface area contributed by atoms with Crippen LogP contribution in [0.2, 0.25) is 0 Å². The summed E-state index contributed by atoms with van der Waals surface area (Å²) in [6.07, 6.45) is -0.622. The van der Waals surface area contributed by atoms with E-state index >= 15 is 0 Å². The molecule has 0 aromatic heterocycles. The van der Waals surface area contributed by atoms with Gasteiger partial charge in [0.2, 0.25) is 5.90 Å². The summed E-state index contributed by atoms with van der Waals surface area (Å²) in [7, 11) is 1.58. The molecule has 1 amide bonds. The number of ether oxygens (including phenoxy) is 2. The molecular formula is C14H26N2O3. The van der Waals surface area contributed by atoms with Gasteiger partial charge in [-0.25, -0.2) is 9.79 Å². The van der Waals surface area contributed by atoms with Crippen LogP contribution in [-0.4, -0.2) is 41.8 Å². The highest BCUT2D eigenvalue weighted by molar-refractivity contribution is 5.88. The summed E-state index contributed by atoms with van der Waals surface area (Å²) in [5, 5.41) is 0. The third-order valence-corrected chi connectivity index (χ3v) is 2.88. The smallest absolute Gasteiger partial charge is 0.412 e. The zero-order valence-electron chi connectivity index (χ0n) is 13.3. The maximum absolute atomic E-state index is 12.4. The Morgan fingerprint density at radius 2 is 1.74 bits per heavy atom. The second kappa shape index (κ2) is 5.02. The number of nitrogens with zero attached hydrogens (tertiary/aromatic N) is 2. The molecule has 1 aliphatic heterocycles. The van der Waals surface area contributed by atoms with Gasteiger partial charge >= 0.3 is 6.09 Å². The Bertz CT molecular complexity index is 377. The molecular weight excluding hydrogens is 244 g/mol. The van der Waals surface area contributed by atoms with Crippen molar-refractivity contribution in [2.24, 2.45) is 10.4 Å². The van der Waals surface area contributed by atoms with Gasteiger partial charge in [0.25, 0.3) is 0 Å². The molecule has 0 saturated heterocycles. The highest BCUT2D eigenvalue weighted by Crippen LogP contribution is 2.33. The van der Waals surface area contributed by atoms with Crippen LogP contribution >= 0.6 is 0 Å². The average Bonchev–Trinajstić information content (AvgIpc) is 2.52. The van der Waals surface area contributed by atoms with Gasteiger partial charge in [0.15, 0.2) is 0 Å². The maximum Gasteiger partial charge on any atom is 0.412 e. The van der Waals surface area contributed by atoms with Gasteiger partial charge in [0.05, 0.1) is 7.11 Å². The number of carbonyl (C=O) groups is 1. The van der Waals surface area contributed by atoms with Gasteiger partial charge in [-0.1, -0.05) is 20.8 Å². The average molecular weight is 270 g/mol. The van der Waals surface area contributed by atoms with E-state index in [9.17, 15) is 4.79 Å². The van der Waals surface area contributed by atoms with Crippen LogP contribution in [-0.2, 0) is 9.47 Å². The molecule has 0 fully saturated rings. The Hall–Kier alpha value is -1.26. The molecule has 2 atom stereocenters. The minimum absolute atomic E-state index is 0.175. The first kappa shape index (κ1) is 15.8. The first-order valence-corrected chi connectivity index (χ1v) is 6.60. The van der Waals surface area contributed by atoms with E-state index in [1.165, 1.54) is 0 Å². The fourth-order valence-corrected chi connectivity index (χ4v) is 2.03. The molecule has 1 unspecified atom stereocenters. The van der Waals surface area contributed by atoms with Gasteiger partial charge in [-0.3, -0.25) is 4.90 Å². The second-order valence-corrected chi connectivity index (χ2v) is 6.97. The lowest BCUT2D eigenvalue weighted by Gasteiger charge is -2.35. The zero-order valence-corrected chi connectivity index (χ0v) is 13.3. The molecule has 0 radical (unpaired) electrons. The van der Waals surface area contributed by atoms with E-state index in [1.807, 2.05) is 48.5 Å². The van der Waals surface area contributed by atoms with Crippen LogP contribution in [0.3, 0.4) is 0 Å². The van der Waals surface area contributed by atoms with Crippen LogP contribution in [0, 0.1) is 5.41 Å². The summed E-state index contributed by atoms with van der Waals surface area (Å²) in [5.41, 5.74) is -0.694. The van der Waals surface area contributed by atoms with Crippen LogP contribution in [0.4, 0.5) is 4.79 Å². The third-order valence-electron chi connectivity index (χ3n) is 2.88. The molecule has 19 heavy (non-hydrogen) atoms. The molecule has 1 heterocycles. The highest BCUT2D eigenvalue weighted by Gasteiger charge is 2.45. The molecule has 0 N–H and O–H groups in total. The van der Waals surface area contributed by atoms with Gasteiger partial charge in [-0.05, 0) is 27.7 Å². The topological polar surface area (TPSA) is 51.1 Å². The van der Waals surface area contributed by atoms with E-state index in [0.29, 0.717) is 5.90 Å². The van der Waals surface area contributed by atoms with E-state index in [2.05, 4.69) is 4.99 Å². The van der Waals surface area contributed by atoms with Crippen LogP contribution in [0.15, 0.2) is 4.99 Å². The normalized spacial score (nSPS) is 24.2. The summed E-state index contributed by atoms with van der Waals surface area (Å²) < 4.78 is 10.7. The molecule has 0 aromatic rings. The molecule has 110 valence electrons. The number of amides is 1. The molecule has 0 saturated carbocycles. The Kier molecular flexibility index (Phi) is 4.17. The summed E-state index contributed by atoms with van der Waals surface area (Å²) in [6.45, 7) is 13.6. The quantitative estimate of drug-likeness (QED) is 0.680. The van der Waals surface area contributed by atoms with Gasteiger partial charge < -0.3 is 9.47 Å². The van der Waals surface area contributed by atoms with E-state index in [0.717, 1.165) is 0 Å². The molecule has 1 rings (SSSR count). The summed E-state index contributed by atoms with van der Waals surface area (Å²) in [4.78, 5) is 18.5. The lowest BCUT2D eigenvalue weighted by atomic mass is 9.92. The van der Waals surface area contributed by atoms with E-state index in [-0.39, 0.29) is 23.7 Å². The standard InChI is InChI=1S/C14H26N2O3/c1-9-10(18-8)15-11(13(2,3)4)16(9)12(17)19-14(5,6)7/h9,11H,1-8H3/t9?,11-/m0/s1. The Morgan fingerprint density at radius 3 is 2.11 bits per heavy atom. The van der Waals surface area contributed by atoms with Gasteiger partial charge in [0, 0.05) is 5.41 Å². The minimum atomic E-state index is -0.519. The minimum Gasteiger partial charge on any atom is -0.483 e. The number of hydrogen-bond donors (Lipinski definition) is 0. The SMILES string of the molecule is COC1=N[C@H](C(C)(C)C)N(C(=O)OC(C)(C)C)C1C. The molecule has 5 nitrogen and oxygen atoms in total. The van der Waals surface area contributed by atoms with Crippen molar-refractivity contribution in [3.05, 3.63) is 0 Å². The van der Waals surface area contributed by atoms with Gasteiger partial charge in [0.1, 0.15) is 17.8 Å². The highest BCUT2D eigenvalue weighted by atomic mass is 16.6. The monoisotopic (exact) mass is 270 g/mol. The van der Waals surface area contributed by atoms with Crippen molar-refractivity contribution in [1.29, 1.82) is 0 Å². The largest absolute Gasteiger partial charge is 0.483 e. The van der Waals surface area contributed by atoms with Crippen molar-refractivity contribution >= 4 is 12.0 Å². The number of aliphatic imine (C=N–C) groups is 1. The third kappa shape index (κ3) is 3.61. The van der Waals surface area contributed by atoms with Gasteiger partial charge in [-0.15, -0.1) is 0 Å². The molecule has 0 spiro atoms. The first-order chi connectivity index (χ1) is 8.47. The number of rotatable bonds is 0. The van der Waals surface area contributed by atoms with E-state index < -0.39 is 5.60 Å². The predicted molar refractivity (Wildman–Crippen MR) is 75.2 cm³/mol. The van der Waals surface area contributed by atoms with Crippen molar-refractivity contribution in [1.82, 2.24) is 4.90 Å². The number of carbonyl (C=O) groups excluding carboxylic acids is 1. The fourth-order valence-electron chi connectivity index (χ4n) is 2.03. The Balaban J connectivity index is 3.01. The van der Waals surface area contributed by atoms with Crippen LogP contribution in [0.25, 0.3) is 0 Å². The molecule has 0 bridgehead atoms. The zero-order chi connectivity index (χ0) is 15.0. The van der Waals surface area contributed by atoms with Crippen molar-refractivity contribution in [2.45, 2.75) is 66.3 Å². The lowest BCUT2D eigenvalue weighted by molar-refractivity contribution is 0.00375. The van der Waals surface area contributed by atoms with Crippen molar-refractivity contribution in [3.63, 3.8) is 0 Å². The van der Waals surface area contributed by atoms with Crippen LogP contribution < -0.4 is 0 Å². The summed E-state index contributed by atoms with van der Waals surface area (Å²) >= 11 is 0. The molecule has 5 heteroatoms. The molecule has 0 aromatic carbocycles. The lowest BCUT2D eigenvalue weighted by Crippen LogP contribution is -2.49. The Morgan fingerprint density at radius 1 is 1.21 bits per heavy atom. The fraction of sp³-hybridized carbons (Fsp3) is 0.857. The van der Waals surface area contributed by atoms with Crippen molar-refractivity contribution in [2.75, 3.05) is 7.11 Å². The first-order valence-electron chi connectivity index (χ1n) is 6.60. The van der Waals surface area contributed by atoms with Crippen LogP contribution in [0.5, 0.6) is 0 Å². The van der Waals surface area contributed by atoms with Crippen LogP contribution in [0.1, 0.15) is 48.5 Å². The summed E-state index contributed by atoms with van der Waals surface area (Å²) in [5.74, 6) is 0.575. The predicted octanol–water partition coefficient (Wildman–Crippen LogP) is 3.04. The number of methoxy groups -OCH3 is 1. The van der Waals surface area contributed by atoms with Crippen molar-refractivity contribution < 1.29 is 14.3 Å². The summed E-state index contributed by atoms with van der Waals surface area (Å²) in [6, 6.07) is -0.205. The molecule has 0 aliphatic carbocycles. The van der Waals surface area contributed by atoms with Crippen molar-refractivity contribution in [3.8, 4) is 0 Å². The molecule has 1 aliphatic rings. The maximum atomic E-state index is 12.4. The van der Waals surface area contributed by atoms with E-state index in [4.69, 9.17) is 9.47 Å². The Labute approximate surface area is 116 Å². The van der Waals surface area contributed by atoms with Gasteiger partial charge in [-0.2, -0.15) is 0 Å². The van der Waals surface area contributed by atoms with E-state index in [1.54, 1.807) is 12.0 Å². The second-order valence-electron chi connectivity index (χ2n) is 6.97.